The van der Waals surface area contributed by atoms with Crippen molar-refractivity contribution in [1.29, 1.82) is 0 Å². The van der Waals surface area contributed by atoms with Crippen LogP contribution in [0.15, 0.2) is 0 Å². The van der Waals surface area contributed by atoms with Crippen LogP contribution in [0.4, 0.5) is 0 Å². The van der Waals surface area contributed by atoms with Crippen LogP contribution in [-0.4, -0.2) is 34.8 Å². The molecule has 4 nitrogen and oxygen atoms in total. The van der Waals surface area contributed by atoms with E-state index in [4.69, 9.17) is 6.42 Å². The molecule has 0 aromatic carbocycles. The van der Waals surface area contributed by atoms with Crippen LogP contribution in [0.2, 0.25) is 0 Å². The van der Waals surface area contributed by atoms with Crippen molar-refractivity contribution in [3.05, 3.63) is 0 Å². The summed E-state index contributed by atoms with van der Waals surface area (Å²) in [7, 11) is 0. The number of piperazine rings is 1. The summed E-state index contributed by atoms with van der Waals surface area (Å²) in [6, 6.07) is -1.19. The molecule has 3 unspecified atom stereocenters. The first-order valence-electron chi connectivity index (χ1n) is 5.65. The van der Waals surface area contributed by atoms with Gasteiger partial charge < -0.3 is 10.2 Å². The Morgan fingerprint density at radius 2 is 2.12 bits per heavy atom. The molecule has 1 aliphatic heterocycles. The molecule has 4 heteroatoms. The highest BCUT2D eigenvalue weighted by Crippen LogP contribution is 2.18. The normalized spacial score (nSPS) is 27.2. The lowest BCUT2D eigenvalue weighted by atomic mass is 10.0. The van der Waals surface area contributed by atoms with Gasteiger partial charge in [0.2, 0.25) is 11.8 Å². The summed E-state index contributed by atoms with van der Waals surface area (Å²) in [5.41, 5.74) is 0. The summed E-state index contributed by atoms with van der Waals surface area (Å²) in [5, 5.41) is 2.66. The van der Waals surface area contributed by atoms with Crippen LogP contribution in [0.5, 0.6) is 0 Å². The summed E-state index contributed by atoms with van der Waals surface area (Å²) < 4.78 is 0. The van der Waals surface area contributed by atoms with E-state index in [1.807, 2.05) is 13.8 Å². The van der Waals surface area contributed by atoms with Crippen molar-refractivity contribution in [2.75, 3.05) is 0 Å². The number of hydrogen-bond acceptors (Lipinski definition) is 2. The van der Waals surface area contributed by atoms with Gasteiger partial charge in [0.15, 0.2) is 0 Å². The second-order valence-electron chi connectivity index (χ2n) is 3.99. The Kier molecular flexibility index (Phi) is 3.94. The third-order valence-electron chi connectivity index (χ3n) is 2.92. The van der Waals surface area contributed by atoms with Crippen molar-refractivity contribution in [3.8, 4) is 12.3 Å². The Labute approximate surface area is 96.4 Å². The summed E-state index contributed by atoms with van der Waals surface area (Å²) in [4.78, 5) is 25.3. The molecular weight excluding hydrogens is 204 g/mol. The van der Waals surface area contributed by atoms with Crippen LogP contribution in [0, 0.1) is 12.3 Å². The predicted molar refractivity (Wildman–Crippen MR) is 61.4 cm³/mol. The zero-order chi connectivity index (χ0) is 12.3. The highest BCUT2D eigenvalue weighted by molar-refractivity contribution is 5.97. The lowest BCUT2D eigenvalue weighted by Crippen LogP contribution is -2.64. The first kappa shape index (κ1) is 12.6. The molecule has 1 fully saturated rings. The summed E-state index contributed by atoms with van der Waals surface area (Å²) in [6.45, 7) is 5.48. The highest BCUT2D eigenvalue weighted by atomic mass is 16.2. The third-order valence-corrected chi connectivity index (χ3v) is 2.92. The van der Waals surface area contributed by atoms with Gasteiger partial charge >= 0.3 is 0 Å². The van der Waals surface area contributed by atoms with Gasteiger partial charge in [0.1, 0.15) is 12.1 Å². The van der Waals surface area contributed by atoms with E-state index in [0.717, 1.165) is 0 Å². The maximum absolute atomic E-state index is 12.0. The van der Waals surface area contributed by atoms with Gasteiger partial charge in [-0.1, -0.05) is 19.8 Å². The molecule has 0 radical (unpaired) electrons. The maximum Gasteiger partial charge on any atom is 0.246 e. The number of carbonyl (C=O) groups is 2. The molecule has 0 aliphatic carbocycles. The van der Waals surface area contributed by atoms with Crippen LogP contribution in [0.1, 0.15) is 33.6 Å². The Morgan fingerprint density at radius 3 is 2.56 bits per heavy atom. The van der Waals surface area contributed by atoms with Crippen LogP contribution in [-0.2, 0) is 9.59 Å². The summed E-state index contributed by atoms with van der Waals surface area (Å²) in [5.74, 6) is 2.39. The Balaban J connectivity index is 3.03. The average Bonchev–Trinajstić information content (AvgIpc) is 2.26. The maximum atomic E-state index is 12.0. The van der Waals surface area contributed by atoms with Gasteiger partial charge in [-0.3, -0.25) is 9.59 Å². The van der Waals surface area contributed by atoms with E-state index in [1.165, 1.54) is 0 Å². The second-order valence-corrected chi connectivity index (χ2v) is 3.99. The van der Waals surface area contributed by atoms with Gasteiger partial charge in [0.05, 0.1) is 6.04 Å². The average molecular weight is 222 g/mol. The molecule has 0 spiro atoms. The van der Waals surface area contributed by atoms with Crippen molar-refractivity contribution in [2.45, 2.75) is 51.7 Å². The monoisotopic (exact) mass is 222 g/mol. The zero-order valence-corrected chi connectivity index (χ0v) is 9.99. The van der Waals surface area contributed by atoms with E-state index in [9.17, 15) is 9.59 Å². The van der Waals surface area contributed by atoms with Gasteiger partial charge in [0.25, 0.3) is 0 Å². The van der Waals surface area contributed by atoms with E-state index in [-0.39, 0.29) is 17.9 Å². The van der Waals surface area contributed by atoms with E-state index in [0.29, 0.717) is 12.8 Å². The Hall–Kier alpha value is -1.50. The van der Waals surface area contributed by atoms with Crippen molar-refractivity contribution in [2.24, 2.45) is 0 Å². The molecule has 1 saturated heterocycles. The standard InChI is InChI=1S/C12H18N2O2/c1-5-9(6-2)14-10(7-3)11(15)13-8(4)12(14)16/h1,8-10H,6-7H2,2-4H3,(H,13,15). The number of nitrogens with one attached hydrogen (secondary N) is 1. The van der Waals surface area contributed by atoms with Gasteiger partial charge in [-0.2, -0.15) is 0 Å². The van der Waals surface area contributed by atoms with E-state index < -0.39 is 12.1 Å². The lowest BCUT2D eigenvalue weighted by molar-refractivity contribution is -0.150. The lowest BCUT2D eigenvalue weighted by Gasteiger charge is -2.40. The smallest absolute Gasteiger partial charge is 0.246 e. The largest absolute Gasteiger partial charge is 0.343 e. The molecule has 0 aromatic rings. The first-order chi connectivity index (χ1) is 7.56. The first-order valence-corrected chi connectivity index (χ1v) is 5.65. The van der Waals surface area contributed by atoms with Gasteiger partial charge in [-0.15, -0.1) is 6.42 Å². The minimum atomic E-state index is -0.474. The Morgan fingerprint density at radius 1 is 1.50 bits per heavy atom. The van der Waals surface area contributed by atoms with Crippen molar-refractivity contribution in [3.63, 3.8) is 0 Å². The summed E-state index contributed by atoms with van der Waals surface area (Å²) >= 11 is 0. The fraction of sp³-hybridized carbons (Fsp3) is 0.667. The molecule has 0 bridgehead atoms. The molecule has 1 heterocycles. The molecule has 1 aliphatic rings. The minimum absolute atomic E-state index is 0.0868. The van der Waals surface area contributed by atoms with Crippen LogP contribution in [0.25, 0.3) is 0 Å². The molecular formula is C12H18N2O2. The summed E-state index contributed by atoms with van der Waals surface area (Å²) in [6.07, 6.45) is 6.66. The molecule has 1 rings (SSSR count). The topological polar surface area (TPSA) is 49.4 Å². The predicted octanol–water partition coefficient (Wildman–Crippen LogP) is 0.524. The van der Waals surface area contributed by atoms with Crippen molar-refractivity contribution in [1.82, 2.24) is 10.2 Å². The van der Waals surface area contributed by atoms with Crippen molar-refractivity contribution < 1.29 is 9.59 Å². The molecule has 1 N–H and O–H groups in total. The number of hydrogen-bond donors (Lipinski definition) is 1. The van der Waals surface area contributed by atoms with E-state index in [2.05, 4.69) is 11.2 Å². The number of terminal acetylenes is 1. The Bertz CT molecular complexity index is 332. The highest BCUT2D eigenvalue weighted by Gasteiger charge is 2.40. The van der Waals surface area contributed by atoms with Crippen LogP contribution < -0.4 is 5.32 Å². The fourth-order valence-electron chi connectivity index (χ4n) is 2.02. The zero-order valence-electron chi connectivity index (χ0n) is 9.99. The molecule has 88 valence electrons. The number of carbonyl (C=O) groups excluding carboxylic acids is 2. The second kappa shape index (κ2) is 5.02. The van der Waals surface area contributed by atoms with Gasteiger partial charge in [-0.25, -0.2) is 0 Å². The third kappa shape index (κ3) is 2.04. The van der Waals surface area contributed by atoms with Crippen molar-refractivity contribution >= 4 is 11.8 Å². The van der Waals surface area contributed by atoms with E-state index in [1.54, 1.807) is 11.8 Å². The SMILES string of the molecule is C#CC(CC)N1C(=O)C(C)NC(=O)C1CC. The quantitative estimate of drug-likeness (QED) is 0.708. The molecule has 0 saturated carbocycles. The molecule has 3 atom stereocenters. The fourth-order valence-corrected chi connectivity index (χ4v) is 2.02. The minimum Gasteiger partial charge on any atom is -0.343 e. The van der Waals surface area contributed by atoms with Crippen LogP contribution >= 0.6 is 0 Å². The van der Waals surface area contributed by atoms with Gasteiger partial charge in [-0.05, 0) is 19.8 Å². The molecule has 0 aromatic heterocycles. The number of rotatable bonds is 3. The molecule has 16 heavy (non-hydrogen) atoms. The van der Waals surface area contributed by atoms with Gasteiger partial charge in [0, 0.05) is 0 Å². The molecule has 2 amide bonds. The van der Waals surface area contributed by atoms with E-state index >= 15 is 0 Å². The van der Waals surface area contributed by atoms with Crippen LogP contribution in [0.3, 0.4) is 0 Å². The number of amides is 2. The number of nitrogens with zero attached hydrogens (tertiary/aromatic N) is 1.